The Morgan fingerprint density at radius 1 is 1.27 bits per heavy atom. The lowest BCUT2D eigenvalue weighted by atomic mass is 9.98. The zero-order valence-electron chi connectivity index (χ0n) is 12.3. The molecule has 0 bridgehead atoms. The normalized spacial score (nSPS) is 16.9. The third kappa shape index (κ3) is 2.74. The molecule has 1 atom stereocenters. The van der Waals surface area contributed by atoms with Gasteiger partial charge in [0.2, 0.25) is 0 Å². The van der Waals surface area contributed by atoms with Crippen molar-refractivity contribution in [2.75, 3.05) is 11.4 Å². The molecule has 1 heterocycles. The summed E-state index contributed by atoms with van der Waals surface area (Å²) in [4.78, 5) is 1.96. The number of hydrogen-bond acceptors (Lipinski definition) is 2. The van der Waals surface area contributed by atoms with Crippen molar-refractivity contribution in [3.05, 3.63) is 65.7 Å². The molecule has 0 aliphatic carbocycles. The first-order valence-corrected chi connectivity index (χ1v) is 7.87. The second-order valence-corrected chi connectivity index (χ2v) is 5.99. The van der Waals surface area contributed by atoms with Crippen LogP contribution in [0.3, 0.4) is 0 Å². The molecule has 1 aliphatic heterocycles. The van der Waals surface area contributed by atoms with Gasteiger partial charge in [-0.2, -0.15) is 0 Å². The highest BCUT2D eigenvalue weighted by Gasteiger charge is 2.27. The molecule has 0 spiro atoms. The molecule has 0 amide bonds. The molecule has 1 unspecified atom stereocenters. The Labute approximate surface area is 141 Å². The standard InChI is InChI=1S/C18H16ClNOS/c1-3-9-20-17-8-7-14(13-5-4-6-15(19)10-13)11-16(17)12(2)21-18(20)22/h3-8,10-12H,1,9H2,2H3. The summed E-state index contributed by atoms with van der Waals surface area (Å²) in [5.41, 5.74) is 4.40. The van der Waals surface area contributed by atoms with Crippen LogP contribution in [-0.4, -0.2) is 11.7 Å². The molecular weight excluding hydrogens is 314 g/mol. The maximum Gasteiger partial charge on any atom is 0.264 e. The fraction of sp³-hybridized carbons (Fsp3) is 0.167. The van der Waals surface area contributed by atoms with E-state index in [4.69, 9.17) is 28.6 Å². The molecule has 22 heavy (non-hydrogen) atoms. The first kappa shape index (κ1) is 15.1. The van der Waals surface area contributed by atoms with Gasteiger partial charge in [-0.05, 0) is 54.5 Å². The number of thiocarbonyl (C=S) groups is 1. The van der Waals surface area contributed by atoms with Crippen LogP contribution in [0.2, 0.25) is 5.02 Å². The van der Waals surface area contributed by atoms with Crippen molar-refractivity contribution in [3.8, 4) is 11.1 Å². The highest BCUT2D eigenvalue weighted by molar-refractivity contribution is 7.80. The lowest BCUT2D eigenvalue weighted by Crippen LogP contribution is -2.36. The summed E-state index contributed by atoms with van der Waals surface area (Å²) in [7, 11) is 0. The molecule has 112 valence electrons. The fourth-order valence-corrected chi connectivity index (χ4v) is 3.16. The first-order valence-electron chi connectivity index (χ1n) is 7.09. The smallest absolute Gasteiger partial charge is 0.264 e. The number of halogens is 1. The van der Waals surface area contributed by atoms with Crippen molar-refractivity contribution >= 4 is 34.7 Å². The van der Waals surface area contributed by atoms with E-state index in [1.165, 1.54) is 0 Å². The third-order valence-corrected chi connectivity index (χ3v) is 4.28. The molecule has 0 aromatic heterocycles. The number of rotatable bonds is 3. The van der Waals surface area contributed by atoms with Gasteiger partial charge in [-0.1, -0.05) is 35.9 Å². The van der Waals surface area contributed by atoms with Gasteiger partial charge >= 0.3 is 0 Å². The topological polar surface area (TPSA) is 12.5 Å². The average Bonchev–Trinajstić information content (AvgIpc) is 2.51. The molecule has 3 rings (SSSR count). The monoisotopic (exact) mass is 329 g/mol. The Hall–Kier alpha value is -1.84. The molecule has 2 aromatic carbocycles. The summed E-state index contributed by atoms with van der Waals surface area (Å²) in [6.45, 7) is 6.43. The van der Waals surface area contributed by atoms with Gasteiger partial charge in [0.05, 0.1) is 5.69 Å². The van der Waals surface area contributed by atoms with Crippen LogP contribution >= 0.6 is 23.8 Å². The Kier molecular flexibility index (Phi) is 4.19. The minimum Gasteiger partial charge on any atom is -0.463 e. The molecule has 2 nitrogen and oxygen atoms in total. The molecule has 0 saturated heterocycles. The maximum absolute atomic E-state index is 6.09. The molecule has 0 saturated carbocycles. The highest BCUT2D eigenvalue weighted by Crippen LogP contribution is 2.37. The quantitative estimate of drug-likeness (QED) is 0.554. The van der Waals surface area contributed by atoms with Crippen molar-refractivity contribution in [2.24, 2.45) is 0 Å². The van der Waals surface area contributed by atoms with Crippen LogP contribution in [-0.2, 0) is 4.74 Å². The second-order valence-electron chi connectivity index (χ2n) is 5.21. The predicted octanol–water partition coefficient (Wildman–Crippen LogP) is 5.38. The molecule has 2 aromatic rings. The van der Waals surface area contributed by atoms with E-state index in [0.717, 1.165) is 27.4 Å². The molecule has 1 aliphatic rings. The van der Waals surface area contributed by atoms with Gasteiger partial charge in [-0.25, -0.2) is 0 Å². The predicted molar refractivity (Wildman–Crippen MR) is 96.5 cm³/mol. The van der Waals surface area contributed by atoms with Gasteiger partial charge < -0.3 is 4.74 Å². The van der Waals surface area contributed by atoms with Crippen molar-refractivity contribution in [3.63, 3.8) is 0 Å². The Bertz CT molecular complexity index is 744. The summed E-state index contributed by atoms with van der Waals surface area (Å²) in [6, 6.07) is 14.2. The first-order chi connectivity index (χ1) is 10.6. The van der Waals surface area contributed by atoms with Crippen LogP contribution in [0.25, 0.3) is 11.1 Å². The van der Waals surface area contributed by atoms with Crippen LogP contribution in [0.5, 0.6) is 0 Å². The number of hydrogen-bond donors (Lipinski definition) is 0. The number of anilines is 1. The van der Waals surface area contributed by atoms with Gasteiger partial charge in [0, 0.05) is 17.1 Å². The van der Waals surface area contributed by atoms with Gasteiger partial charge in [-0.3, -0.25) is 4.90 Å². The van der Waals surface area contributed by atoms with Gasteiger partial charge in [0.25, 0.3) is 5.17 Å². The zero-order chi connectivity index (χ0) is 15.7. The average molecular weight is 330 g/mol. The molecule has 0 radical (unpaired) electrons. The van der Waals surface area contributed by atoms with E-state index in [-0.39, 0.29) is 6.10 Å². The van der Waals surface area contributed by atoms with Crippen molar-refractivity contribution in [1.29, 1.82) is 0 Å². The van der Waals surface area contributed by atoms with Crippen LogP contribution in [0.1, 0.15) is 18.6 Å². The fourth-order valence-electron chi connectivity index (χ4n) is 2.65. The maximum atomic E-state index is 6.09. The van der Waals surface area contributed by atoms with E-state index in [0.29, 0.717) is 11.7 Å². The van der Waals surface area contributed by atoms with Crippen LogP contribution in [0.15, 0.2) is 55.1 Å². The highest BCUT2D eigenvalue weighted by atomic mass is 35.5. The van der Waals surface area contributed by atoms with Crippen LogP contribution < -0.4 is 4.90 Å². The van der Waals surface area contributed by atoms with Crippen LogP contribution in [0, 0.1) is 0 Å². The molecule has 4 heteroatoms. The lowest BCUT2D eigenvalue weighted by Gasteiger charge is -2.34. The minimum atomic E-state index is -0.0669. The van der Waals surface area contributed by atoms with Crippen molar-refractivity contribution in [2.45, 2.75) is 13.0 Å². The Balaban J connectivity index is 2.07. The number of benzene rings is 2. The SMILES string of the molecule is C=CCN1C(=S)OC(C)c2cc(-c3cccc(Cl)c3)ccc21. The summed E-state index contributed by atoms with van der Waals surface area (Å²) in [6.07, 6.45) is 1.75. The van der Waals surface area contributed by atoms with Gasteiger partial charge in [0.1, 0.15) is 6.10 Å². The minimum absolute atomic E-state index is 0.0669. The van der Waals surface area contributed by atoms with E-state index >= 15 is 0 Å². The van der Waals surface area contributed by atoms with Crippen molar-refractivity contribution < 1.29 is 4.74 Å². The van der Waals surface area contributed by atoms with Crippen LogP contribution in [0.4, 0.5) is 5.69 Å². The molecule has 0 N–H and O–H groups in total. The number of fused-ring (bicyclic) bond motifs is 1. The summed E-state index contributed by atoms with van der Waals surface area (Å²) < 4.78 is 5.78. The molecular formula is C18H16ClNOS. The van der Waals surface area contributed by atoms with E-state index in [1.807, 2.05) is 42.2 Å². The van der Waals surface area contributed by atoms with Crippen molar-refractivity contribution in [1.82, 2.24) is 0 Å². The lowest BCUT2D eigenvalue weighted by molar-refractivity contribution is 0.207. The number of ether oxygens (including phenoxy) is 1. The summed E-state index contributed by atoms with van der Waals surface area (Å²) in [5, 5.41) is 1.23. The van der Waals surface area contributed by atoms with Gasteiger partial charge in [-0.15, -0.1) is 6.58 Å². The molecule has 0 fully saturated rings. The van der Waals surface area contributed by atoms with E-state index in [9.17, 15) is 0 Å². The van der Waals surface area contributed by atoms with Gasteiger partial charge in [0.15, 0.2) is 0 Å². The largest absolute Gasteiger partial charge is 0.463 e. The van der Waals surface area contributed by atoms with E-state index in [1.54, 1.807) is 0 Å². The summed E-state index contributed by atoms with van der Waals surface area (Å²) in [5.74, 6) is 0. The third-order valence-electron chi connectivity index (χ3n) is 3.72. The second kappa shape index (κ2) is 6.11. The Morgan fingerprint density at radius 2 is 2.05 bits per heavy atom. The summed E-state index contributed by atoms with van der Waals surface area (Å²) >= 11 is 11.4. The Morgan fingerprint density at radius 3 is 2.77 bits per heavy atom. The zero-order valence-corrected chi connectivity index (χ0v) is 13.8. The van der Waals surface area contributed by atoms with E-state index < -0.39 is 0 Å². The number of nitrogens with zero attached hydrogens (tertiary/aromatic N) is 1. The van der Waals surface area contributed by atoms with E-state index in [2.05, 4.69) is 24.8 Å².